The normalized spacial score (nSPS) is 13.3. The Kier molecular flexibility index (Phi) is 4.96. The first-order valence-electron chi connectivity index (χ1n) is 8.86. The number of aryl methyl sites for hydroxylation is 1. The number of hydrogen-bond donors (Lipinski definition) is 1. The molecule has 2 heterocycles. The highest BCUT2D eigenvalue weighted by Crippen LogP contribution is 2.25. The van der Waals surface area contributed by atoms with Crippen molar-refractivity contribution in [1.29, 1.82) is 0 Å². The molecule has 1 aliphatic rings. The minimum absolute atomic E-state index is 0.198. The lowest BCUT2D eigenvalue weighted by atomic mass is 10.0. The molecule has 0 saturated carbocycles. The summed E-state index contributed by atoms with van der Waals surface area (Å²) in [7, 11) is 0. The number of fused-ring (bicyclic) bond motifs is 1. The minimum Gasteiger partial charge on any atom is -0.334 e. The predicted octanol–water partition coefficient (Wildman–Crippen LogP) is 4.25. The van der Waals surface area contributed by atoms with Crippen molar-refractivity contribution >= 4 is 29.1 Å². The van der Waals surface area contributed by atoms with E-state index in [9.17, 15) is 9.59 Å². The second-order valence-electron chi connectivity index (χ2n) is 6.81. The number of H-pyrrole nitrogens is 1. The molecule has 2 aromatic carbocycles. The summed E-state index contributed by atoms with van der Waals surface area (Å²) in [5.74, 6) is 0.322. The van der Waals surface area contributed by atoms with Gasteiger partial charge in [-0.05, 0) is 31.2 Å². The summed E-state index contributed by atoms with van der Waals surface area (Å²) in [5, 5.41) is 0.764. The van der Waals surface area contributed by atoms with Crippen molar-refractivity contribution in [2.24, 2.45) is 0 Å². The Bertz CT molecular complexity index is 1140. The molecule has 0 aliphatic carbocycles. The van der Waals surface area contributed by atoms with Gasteiger partial charge in [0.25, 0.3) is 11.5 Å². The lowest BCUT2D eigenvalue weighted by Gasteiger charge is -2.28. The zero-order chi connectivity index (χ0) is 19.8. The number of rotatable bonds is 2. The third-order valence-corrected chi connectivity index (χ3v) is 5.36. The number of benzene rings is 2. The van der Waals surface area contributed by atoms with Gasteiger partial charge >= 0.3 is 0 Å². The zero-order valence-electron chi connectivity index (χ0n) is 15.1. The van der Waals surface area contributed by atoms with Gasteiger partial charge in [0.2, 0.25) is 0 Å². The SMILES string of the molecule is Cc1cccc(-c2nc3c(c(=O)[nH]2)CN(C(=O)c2ccc(Cl)cc2Cl)CC3)c1. The maximum Gasteiger partial charge on any atom is 0.256 e. The monoisotopic (exact) mass is 413 g/mol. The highest BCUT2D eigenvalue weighted by atomic mass is 35.5. The molecule has 1 N–H and O–H groups in total. The van der Waals surface area contributed by atoms with E-state index in [2.05, 4.69) is 9.97 Å². The van der Waals surface area contributed by atoms with Crippen LogP contribution in [0.5, 0.6) is 0 Å². The van der Waals surface area contributed by atoms with Gasteiger partial charge in [0.15, 0.2) is 0 Å². The zero-order valence-corrected chi connectivity index (χ0v) is 16.6. The average molecular weight is 414 g/mol. The van der Waals surface area contributed by atoms with Crippen molar-refractivity contribution in [1.82, 2.24) is 14.9 Å². The second-order valence-corrected chi connectivity index (χ2v) is 7.65. The fourth-order valence-corrected chi connectivity index (χ4v) is 3.85. The first-order valence-corrected chi connectivity index (χ1v) is 9.61. The minimum atomic E-state index is -0.227. The van der Waals surface area contributed by atoms with Gasteiger partial charge in [-0.2, -0.15) is 0 Å². The molecule has 3 aromatic rings. The van der Waals surface area contributed by atoms with Gasteiger partial charge in [0.1, 0.15) is 5.82 Å². The predicted molar refractivity (Wildman–Crippen MR) is 110 cm³/mol. The van der Waals surface area contributed by atoms with Gasteiger partial charge in [-0.15, -0.1) is 0 Å². The van der Waals surface area contributed by atoms with E-state index < -0.39 is 0 Å². The summed E-state index contributed by atoms with van der Waals surface area (Å²) < 4.78 is 0. The summed E-state index contributed by atoms with van der Waals surface area (Å²) in [6.07, 6.45) is 0.509. The van der Waals surface area contributed by atoms with Crippen molar-refractivity contribution in [3.8, 4) is 11.4 Å². The third kappa shape index (κ3) is 3.55. The van der Waals surface area contributed by atoms with Crippen molar-refractivity contribution in [2.75, 3.05) is 6.54 Å². The molecule has 0 saturated heterocycles. The Hall–Kier alpha value is -2.63. The quantitative estimate of drug-likeness (QED) is 0.682. The number of amides is 1. The smallest absolute Gasteiger partial charge is 0.256 e. The van der Waals surface area contributed by atoms with Crippen LogP contribution in [0, 0.1) is 6.92 Å². The van der Waals surface area contributed by atoms with Crippen molar-refractivity contribution in [2.45, 2.75) is 19.9 Å². The molecule has 1 aromatic heterocycles. The molecule has 0 atom stereocenters. The molecule has 1 aliphatic heterocycles. The van der Waals surface area contributed by atoms with Crippen LogP contribution in [-0.4, -0.2) is 27.3 Å². The number of aromatic amines is 1. The summed E-state index contributed by atoms with van der Waals surface area (Å²) in [6, 6.07) is 12.6. The topological polar surface area (TPSA) is 66.1 Å². The second kappa shape index (κ2) is 7.41. The first kappa shape index (κ1) is 18.7. The Morgan fingerprint density at radius 3 is 2.75 bits per heavy atom. The number of hydrogen-bond acceptors (Lipinski definition) is 3. The van der Waals surface area contributed by atoms with Crippen LogP contribution in [0.4, 0.5) is 0 Å². The number of carbonyl (C=O) groups excluding carboxylic acids is 1. The molecule has 142 valence electrons. The van der Waals surface area contributed by atoms with E-state index in [0.717, 1.165) is 16.8 Å². The molecule has 1 amide bonds. The van der Waals surface area contributed by atoms with Crippen LogP contribution in [0.1, 0.15) is 27.2 Å². The number of nitrogens with zero attached hydrogens (tertiary/aromatic N) is 2. The standard InChI is InChI=1S/C21H17Cl2N3O2/c1-12-3-2-4-13(9-12)19-24-18-7-8-26(11-16(18)20(27)25-19)21(28)15-6-5-14(22)10-17(15)23/h2-6,9-10H,7-8,11H2,1H3,(H,24,25,27). The number of halogens is 2. The van der Waals surface area contributed by atoms with Gasteiger partial charge in [-0.3, -0.25) is 9.59 Å². The van der Waals surface area contributed by atoms with E-state index in [1.165, 1.54) is 6.07 Å². The molecule has 0 fully saturated rings. The molecule has 28 heavy (non-hydrogen) atoms. The van der Waals surface area contributed by atoms with E-state index >= 15 is 0 Å². The molecule has 0 spiro atoms. The fraction of sp³-hybridized carbons (Fsp3) is 0.190. The van der Waals surface area contributed by atoms with Crippen molar-refractivity contribution in [3.05, 3.63) is 85.2 Å². The van der Waals surface area contributed by atoms with E-state index in [0.29, 0.717) is 40.0 Å². The highest BCUT2D eigenvalue weighted by molar-refractivity contribution is 6.36. The lowest BCUT2D eigenvalue weighted by molar-refractivity contribution is 0.0733. The number of carbonyl (C=O) groups is 1. The van der Waals surface area contributed by atoms with Crippen LogP contribution in [0.15, 0.2) is 47.3 Å². The van der Waals surface area contributed by atoms with E-state index in [1.807, 2.05) is 31.2 Å². The Labute approximate surface area is 171 Å². The summed E-state index contributed by atoms with van der Waals surface area (Å²) in [4.78, 5) is 34.6. The Morgan fingerprint density at radius 1 is 1.18 bits per heavy atom. The summed E-state index contributed by atoms with van der Waals surface area (Å²) in [5.41, 5.74) is 3.35. The van der Waals surface area contributed by atoms with Crippen LogP contribution in [0.2, 0.25) is 10.0 Å². The maximum absolute atomic E-state index is 12.8. The van der Waals surface area contributed by atoms with Gasteiger partial charge in [0.05, 0.1) is 28.4 Å². The first-order chi connectivity index (χ1) is 13.4. The fourth-order valence-electron chi connectivity index (χ4n) is 3.36. The largest absolute Gasteiger partial charge is 0.334 e. The molecule has 4 rings (SSSR count). The van der Waals surface area contributed by atoms with E-state index in [4.69, 9.17) is 23.2 Å². The van der Waals surface area contributed by atoms with Gasteiger partial charge in [0, 0.05) is 23.6 Å². The average Bonchev–Trinajstić information content (AvgIpc) is 2.67. The van der Waals surface area contributed by atoms with Gasteiger partial charge in [-0.25, -0.2) is 4.98 Å². The molecular formula is C21H17Cl2N3O2. The molecule has 0 radical (unpaired) electrons. The van der Waals surface area contributed by atoms with E-state index in [1.54, 1.807) is 17.0 Å². The van der Waals surface area contributed by atoms with Crippen LogP contribution in [0.25, 0.3) is 11.4 Å². The lowest BCUT2D eigenvalue weighted by Crippen LogP contribution is -2.39. The van der Waals surface area contributed by atoms with Crippen LogP contribution >= 0.6 is 23.2 Å². The van der Waals surface area contributed by atoms with Gasteiger partial charge in [-0.1, -0.05) is 47.0 Å². The molecule has 0 bridgehead atoms. The summed E-state index contributed by atoms with van der Waals surface area (Å²) >= 11 is 12.1. The van der Waals surface area contributed by atoms with Crippen LogP contribution in [-0.2, 0) is 13.0 Å². The van der Waals surface area contributed by atoms with Crippen molar-refractivity contribution < 1.29 is 4.79 Å². The van der Waals surface area contributed by atoms with Crippen LogP contribution < -0.4 is 5.56 Å². The van der Waals surface area contributed by atoms with Crippen molar-refractivity contribution in [3.63, 3.8) is 0 Å². The third-order valence-electron chi connectivity index (χ3n) is 4.81. The highest BCUT2D eigenvalue weighted by Gasteiger charge is 2.26. The number of aromatic nitrogens is 2. The number of nitrogens with one attached hydrogen (secondary N) is 1. The Morgan fingerprint density at radius 2 is 2.00 bits per heavy atom. The maximum atomic E-state index is 12.8. The summed E-state index contributed by atoms with van der Waals surface area (Å²) in [6.45, 7) is 2.66. The molecular weight excluding hydrogens is 397 g/mol. The molecule has 5 nitrogen and oxygen atoms in total. The van der Waals surface area contributed by atoms with Crippen LogP contribution in [0.3, 0.4) is 0 Å². The Balaban J connectivity index is 1.64. The molecule has 0 unspecified atom stereocenters. The van der Waals surface area contributed by atoms with Gasteiger partial charge < -0.3 is 9.88 Å². The molecule has 7 heteroatoms. The van der Waals surface area contributed by atoms with E-state index in [-0.39, 0.29) is 18.0 Å².